The molecule has 0 bridgehead atoms. The third-order valence-corrected chi connectivity index (χ3v) is 7.22. The van der Waals surface area contributed by atoms with Crippen LogP contribution in [-0.2, 0) is 21.4 Å². The number of hydrogen-bond donors (Lipinski definition) is 1. The Morgan fingerprint density at radius 1 is 1.07 bits per heavy atom. The fourth-order valence-corrected chi connectivity index (χ4v) is 5.13. The molecule has 1 fully saturated rings. The van der Waals surface area contributed by atoms with Crippen LogP contribution in [0.25, 0.3) is 6.08 Å². The number of piperidine rings is 1. The van der Waals surface area contributed by atoms with Crippen molar-refractivity contribution in [3.8, 4) is 5.75 Å². The summed E-state index contributed by atoms with van der Waals surface area (Å²) in [4.78, 5) is 12.7. The molecule has 2 aliphatic heterocycles. The van der Waals surface area contributed by atoms with E-state index in [1.54, 1.807) is 30.3 Å². The molecule has 2 heterocycles. The Morgan fingerprint density at radius 2 is 1.80 bits per heavy atom. The van der Waals surface area contributed by atoms with E-state index in [-0.39, 0.29) is 24.0 Å². The Kier molecular flexibility index (Phi) is 5.87. The van der Waals surface area contributed by atoms with Crippen LogP contribution < -0.4 is 10.1 Å². The van der Waals surface area contributed by atoms with Crippen molar-refractivity contribution in [2.75, 3.05) is 19.7 Å². The number of benzene rings is 2. The zero-order valence-electron chi connectivity index (χ0n) is 16.4. The highest BCUT2D eigenvalue weighted by Crippen LogP contribution is 2.27. The number of nitrogens with zero attached hydrogens (tertiary/aromatic N) is 1. The molecule has 158 valence electrons. The van der Waals surface area contributed by atoms with E-state index in [0.29, 0.717) is 30.0 Å². The van der Waals surface area contributed by atoms with Gasteiger partial charge in [0.2, 0.25) is 10.0 Å². The SMILES string of the molecule is O=C(NCc1ccc(S(=O)(=O)N2CCCCC2)cc1)C1=Cc2cc(F)ccc2OC1. The zero-order valence-corrected chi connectivity index (χ0v) is 17.3. The van der Waals surface area contributed by atoms with Crippen LogP contribution >= 0.6 is 0 Å². The molecular formula is C22H23FN2O4S. The second kappa shape index (κ2) is 8.57. The first-order chi connectivity index (χ1) is 14.4. The molecule has 0 spiro atoms. The van der Waals surface area contributed by atoms with E-state index in [9.17, 15) is 17.6 Å². The molecule has 2 aromatic rings. The summed E-state index contributed by atoms with van der Waals surface area (Å²) in [7, 11) is -3.47. The van der Waals surface area contributed by atoms with E-state index in [2.05, 4.69) is 5.32 Å². The van der Waals surface area contributed by atoms with Gasteiger partial charge in [0.25, 0.3) is 5.91 Å². The Bertz CT molecular complexity index is 1070. The van der Waals surface area contributed by atoms with Crippen LogP contribution in [0.15, 0.2) is 52.9 Å². The number of hydrogen-bond acceptors (Lipinski definition) is 4. The normalized spacial score (nSPS) is 16.9. The fraction of sp³-hybridized carbons (Fsp3) is 0.318. The second-order valence-corrected chi connectivity index (χ2v) is 9.37. The van der Waals surface area contributed by atoms with Gasteiger partial charge in [-0.1, -0.05) is 18.6 Å². The van der Waals surface area contributed by atoms with E-state index < -0.39 is 15.8 Å². The fourth-order valence-electron chi connectivity index (χ4n) is 3.61. The maximum atomic E-state index is 13.4. The number of nitrogens with one attached hydrogen (secondary N) is 1. The molecule has 2 aromatic carbocycles. The third-order valence-electron chi connectivity index (χ3n) is 5.31. The van der Waals surface area contributed by atoms with Crippen molar-refractivity contribution in [1.29, 1.82) is 0 Å². The molecular weight excluding hydrogens is 407 g/mol. The lowest BCUT2D eigenvalue weighted by atomic mass is 10.1. The predicted molar refractivity (Wildman–Crippen MR) is 111 cm³/mol. The van der Waals surface area contributed by atoms with Gasteiger partial charge in [0.1, 0.15) is 18.2 Å². The van der Waals surface area contributed by atoms with Gasteiger partial charge < -0.3 is 10.1 Å². The molecule has 6 nitrogen and oxygen atoms in total. The summed E-state index contributed by atoms with van der Waals surface area (Å²) in [6.07, 6.45) is 4.46. The van der Waals surface area contributed by atoms with E-state index >= 15 is 0 Å². The number of halogens is 1. The Balaban J connectivity index is 1.39. The summed E-state index contributed by atoms with van der Waals surface area (Å²) in [5, 5.41) is 2.79. The summed E-state index contributed by atoms with van der Waals surface area (Å²) in [5.41, 5.74) is 1.71. The highest BCUT2D eigenvalue weighted by atomic mass is 32.2. The lowest BCUT2D eigenvalue weighted by molar-refractivity contribution is -0.117. The molecule has 0 aliphatic carbocycles. The number of amides is 1. The van der Waals surface area contributed by atoms with Gasteiger partial charge in [-0.05, 0) is 54.8 Å². The molecule has 0 saturated carbocycles. The highest BCUT2D eigenvalue weighted by molar-refractivity contribution is 7.89. The monoisotopic (exact) mass is 430 g/mol. The molecule has 2 aliphatic rings. The molecule has 4 rings (SSSR count). The first-order valence-electron chi connectivity index (χ1n) is 9.94. The summed E-state index contributed by atoms with van der Waals surface area (Å²) < 4.78 is 45.8. The summed E-state index contributed by atoms with van der Waals surface area (Å²) in [6.45, 7) is 1.47. The largest absolute Gasteiger partial charge is 0.488 e. The first kappa shape index (κ1) is 20.6. The molecule has 0 aromatic heterocycles. The van der Waals surface area contributed by atoms with Gasteiger partial charge in [0, 0.05) is 25.2 Å². The minimum Gasteiger partial charge on any atom is -0.488 e. The van der Waals surface area contributed by atoms with Crippen LogP contribution in [0.1, 0.15) is 30.4 Å². The second-order valence-electron chi connectivity index (χ2n) is 7.43. The quantitative estimate of drug-likeness (QED) is 0.791. The molecule has 0 radical (unpaired) electrons. The highest BCUT2D eigenvalue weighted by Gasteiger charge is 2.25. The Morgan fingerprint density at radius 3 is 2.53 bits per heavy atom. The predicted octanol–water partition coefficient (Wildman–Crippen LogP) is 3.09. The zero-order chi connectivity index (χ0) is 21.1. The average molecular weight is 431 g/mol. The van der Waals surface area contributed by atoms with Gasteiger partial charge in [-0.2, -0.15) is 4.31 Å². The van der Waals surface area contributed by atoms with Crippen LogP contribution in [0.2, 0.25) is 0 Å². The van der Waals surface area contributed by atoms with Gasteiger partial charge >= 0.3 is 0 Å². The molecule has 1 saturated heterocycles. The molecule has 30 heavy (non-hydrogen) atoms. The van der Waals surface area contributed by atoms with Crippen molar-refractivity contribution in [1.82, 2.24) is 9.62 Å². The summed E-state index contributed by atoms with van der Waals surface area (Å²) in [5.74, 6) is -0.164. The van der Waals surface area contributed by atoms with E-state index in [1.165, 1.54) is 22.5 Å². The third kappa shape index (κ3) is 4.39. The number of sulfonamides is 1. The minimum absolute atomic E-state index is 0.109. The van der Waals surface area contributed by atoms with Gasteiger partial charge in [-0.15, -0.1) is 0 Å². The van der Waals surface area contributed by atoms with E-state index in [1.807, 2.05) is 0 Å². The van der Waals surface area contributed by atoms with E-state index in [0.717, 1.165) is 24.8 Å². The van der Waals surface area contributed by atoms with E-state index in [4.69, 9.17) is 4.74 Å². The summed E-state index contributed by atoms with van der Waals surface area (Å²) >= 11 is 0. The van der Waals surface area contributed by atoms with Gasteiger partial charge in [-0.3, -0.25) is 4.79 Å². The van der Waals surface area contributed by atoms with Crippen LogP contribution in [0.3, 0.4) is 0 Å². The van der Waals surface area contributed by atoms with Crippen LogP contribution in [0.4, 0.5) is 4.39 Å². The number of carbonyl (C=O) groups is 1. The number of rotatable bonds is 5. The van der Waals surface area contributed by atoms with Crippen LogP contribution in [0.5, 0.6) is 5.75 Å². The maximum Gasteiger partial charge on any atom is 0.250 e. The van der Waals surface area contributed by atoms with Crippen LogP contribution in [0, 0.1) is 5.82 Å². The van der Waals surface area contributed by atoms with Crippen molar-refractivity contribution in [2.45, 2.75) is 30.7 Å². The number of carbonyl (C=O) groups excluding carboxylic acids is 1. The minimum atomic E-state index is -3.47. The van der Waals surface area contributed by atoms with Crippen molar-refractivity contribution in [3.63, 3.8) is 0 Å². The van der Waals surface area contributed by atoms with Crippen molar-refractivity contribution in [2.24, 2.45) is 0 Å². The average Bonchev–Trinajstić information content (AvgIpc) is 2.77. The topological polar surface area (TPSA) is 75.7 Å². The maximum absolute atomic E-state index is 13.4. The molecule has 0 unspecified atom stereocenters. The van der Waals surface area contributed by atoms with Gasteiger partial charge in [-0.25, -0.2) is 12.8 Å². The smallest absolute Gasteiger partial charge is 0.250 e. The number of ether oxygens (including phenoxy) is 1. The van der Waals surface area contributed by atoms with Crippen molar-refractivity contribution >= 4 is 22.0 Å². The molecule has 0 atom stereocenters. The Hall–Kier alpha value is -2.71. The molecule has 1 amide bonds. The van der Waals surface area contributed by atoms with Crippen molar-refractivity contribution < 1.29 is 22.3 Å². The Labute approximate surface area is 175 Å². The standard InChI is InChI=1S/C22H23FN2O4S/c23-19-6-9-21-17(13-19)12-18(15-29-21)22(26)24-14-16-4-7-20(8-5-16)30(27,28)25-10-2-1-3-11-25/h4-9,12-13H,1-3,10-11,14-15H2,(H,24,26). The molecule has 8 heteroatoms. The lowest BCUT2D eigenvalue weighted by Gasteiger charge is -2.25. The number of fused-ring (bicyclic) bond motifs is 1. The van der Waals surface area contributed by atoms with Crippen LogP contribution in [-0.4, -0.2) is 38.3 Å². The van der Waals surface area contributed by atoms with Gasteiger partial charge in [0.15, 0.2) is 0 Å². The molecule has 1 N–H and O–H groups in total. The summed E-state index contributed by atoms with van der Waals surface area (Å²) in [6, 6.07) is 10.7. The van der Waals surface area contributed by atoms with Gasteiger partial charge in [0.05, 0.1) is 10.5 Å². The lowest BCUT2D eigenvalue weighted by Crippen LogP contribution is -2.35. The first-order valence-corrected chi connectivity index (χ1v) is 11.4. The van der Waals surface area contributed by atoms with Crippen molar-refractivity contribution in [3.05, 3.63) is 65.0 Å².